The number of hydrogen-bond acceptors (Lipinski definition) is 4. The van der Waals surface area contributed by atoms with Crippen LogP contribution in [0.3, 0.4) is 0 Å². The van der Waals surface area contributed by atoms with E-state index in [9.17, 15) is 9.59 Å². The number of carbonyl (C=O) groups is 2. The minimum atomic E-state index is -0.534. The molecule has 0 radical (unpaired) electrons. The van der Waals surface area contributed by atoms with Crippen LogP contribution in [0.2, 0.25) is 0 Å². The predicted molar refractivity (Wildman–Crippen MR) is 93.8 cm³/mol. The number of Topliss-reactive ketones (excluding diaryl/α,β-unsaturated/α-hetero) is 1. The Morgan fingerprint density at radius 2 is 1.79 bits per heavy atom. The second kappa shape index (κ2) is 7.18. The zero-order valence-corrected chi connectivity index (χ0v) is 14.9. The summed E-state index contributed by atoms with van der Waals surface area (Å²) < 4.78 is 10.9. The van der Waals surface area contributed by atoms with Crippen molar-refractivity contribution in [2.24, 2.45) is 0 Å². The number of ketones is 1. The number of carbonyl (C=O) groups excluding carboxylic acids is 2. The second-order valence-corrected chi connectivity index (χ2v) is 6.54. The molecule has 0 heterocycles. The highest BCUT2D eigenvalue weighted by atomic mass is 79.9. The average molecular weight is 389 g/mol. The molecule has 0 amide bonds. The van der Waals surface area contributed by atoms with E-state index in [-0.39, 0.29) is 12.4 Å². The molecule has 0 aromatic heterocycles. The van der Waals surface area contributed by atoms with E-state index in [0.29, 0.717) is 21.3 Å². The first kappa shape index (κ1) is 16.7. The van der Waals surface area contributed by atoms with Gasteiger partial charge in [0.25, 0.3) is 0 Å². The summed E-state index contributed by atoms with van der Waals surface area (Å²) in [4.78, 5) is 24.3. The van der Waals surface area contributed by atoms with Crippen LogP contribution in [0.4, 0.5) is 0 Å². The third kappa shape index (κ3) is 3.51. The van der Waals surface area contributed by atoms with Crippen molar-refractivity contribution in [1.29, 1.82) is 0 Å². The maximum absolute atomic E-state index is 12.2. The Kier molecular flexibility index (Phi) is 5.00. The van der Waals surface area contributed by atoms with E-state index in [2.05, 4.69) is 15.9 Å². The lowest BCUT2D eigenvalue weighted by Gasteiger charge is -2.08. The van der Waals surface area contributed by atoms with Gasteiger partial charge >= 0.3 is 5.97 Å². The molecule has 0 N–H and O–H groups in total. The minimum Gasteiger partial charge on any atom is -0.496 e. The molecular formula is C19H17BrO4. The van der Waals surface area contributed by atoms with E-state index in [1.165, 1.54) is 11.1 Å². The molecule has 0 fully saturated rings. The van der Waals surface area contributed by atoms with Crippen LogP contribution in [0.25, 0.3) is 0 Å². The topological polar surface area (TPSA) is 52.6 Å². The minimum absolute atomic E-state index is 0.189. The van der Waals surface area contributed by atoms with Crippen molar-refractivity contribution in [2.45, 2.75) is 19.3 Å². The first-order valence-corrected chi connectivity index (χ1v) is 8.53. The number of halogens is 1. The lowest BCUT2D eigenvalue weighted by molar-refractivity contribution is 0.0474. The van der Waals surface area contributed by atoms with Crippen LogP contribution < -0.4 is 4.74 Å². The lowest BCUT2D eigenvalue weighted by Crippen LogP contribution is -2.14. The van der Waals surface area contributed by atoms with Crippen molar-refractivity contribution in [3.8, 4) is 5.75 Å². The van der Waals surface area contributed by atoms with Gasteiger partial charge in [-0.05, 0) is 70.6 Å². The smallest absolute Gasteiger partial charge is 0.338 e. The first-order valence-electron chi connectivity index (χ1n) is 7.74. The highest BCUT2D eigenvalue weighted by molar-refractivity contribution is 9.10. The Morgan fingerprint density at radius 1 is 1.04 bits per heavy atom. The fraction of sp³-hybridized carbons (Fsp3) is 0.263. The van der Waals surface area contributed by atoms with Crippen molar-refractivity contribution >= 4 is 27.7 Å². The van der Waals surface area contributed by atoms with Crippen LogP contribution >= 0.6 is 15.9 Å². The largest absolute Gasteiger partial charge is 0.496 e. The number of rotatable bonds is 5. The maximum Gasteiger partial charge on any atom is 0.338 e. The SMILES string of the molecule is COc1ccc(C(=O)OCC(=O)c2ccc3c(c2)CCC3)cc1Br. The van der Waals surface area contributed by atoms with Gasteiger partial charge in [0.1, 0.15) is 5.75 Å². The van der Waals surface area contributed by atoms with Crippen molar-refractivity contribution in [3.05, 3.63) is 63.1 Å². The number of methoxy groups -OCH3 is 1. The number of aryl methyl sites for hydroxylation is 2. The summed E-state index contributed by atoms with van der Waals surface area (Å²) in [5.41, 5.74) is 3.50. The third-order valence-electron chi connectivity index (χ3n) is 4.14. The molecule has 5 heteroatoms. The second-order valence-electron chi connectivity index (χ2n) is 5.69. The Labute approximate surface area is 148 Å². The number of benzene rings is 2. The highest BCUT2D eigenvalue weighted by Gasteiger charge is 2.16. The zero-order chi connectivity index (χ0) is 17.1. The number of esters is 1. The predicted octanol–water partition coefficient (Wildman–Crippen LogP) is 3.99. The summed E-state index contributed by atoms with van der Waals surface area (Å²) >= 11 is 3.32. The van der Waals surface area contributed by atoms with E-state index in [1.807, 2.05) is 18.2 Å². The van der Waals surface area contributed by atoms with E-state index in [4.69, 9.17) is 9.47 Å². The fourth-order valence-corrected chi connectivity index (χ4v) is 3.38. The van der Waals surface area contributed by atoms with Crippen LogP contribution in [0.15, 0.2) is 40.9 Å². The highest BCUT2D eigenvalue weighted by Crippen LogP contribution is 2.26. The first-order chi connectivity index (χ1) is 11.6. The summed E-state index contributed by atoms with van der Waals surface area (Å²) in [6.45, 7) is -0.263. The monoisotopic (exact) mass is 388 g/mol. The van der Waals surface area contributed by atoms with Gasteiger partial charge in [-0.1, -0.05) is 12.1 Å². The van der Waals surface area contributed by atoms with E-state index in [0.717, 1.165) is 19.3 Å². The van der Waals surface area contributed by atoms with Gasteiger partial charge in [0, 0.05) is 5.56 Å². The normalized spacial score (nSPS) is 12.6. The van der Waals surface area contributed by atoms with Gasteiger partial charge in [0.05, 0.1) is 17.1 Å². The number of hydrogen-bond donors (Lipinski definition) is 0. The molecule has 2 aromatic carbocycles. The molecule has 0 atom stereocenters. The molecule has 1 aliphatic carbocycles. The van der Waals surface area contributed by atoms with Gasteiger partial charge in [0.2, 0.25) is 0 Å². The van der Waals surface area contributed by atoms with E-state index >= 15 is 0 Å². The molecule has 3 rings (SSSR count). The summed E-state index contributed by atoms with van der Waals surface area (Å²) in [7, 11) is 1.55. The zero-order valence-electron chi connectivity index (χ0n) is 13.3. The molecule has 0 saturated carbocycles. The molecule has 4 nitrogen and oxygen atoms in total. The molecule has 24 heavy (non-hydrogen) atoms. The van der Waals surface area contributed by atoms with Crippen LogP contribution in [-0.4, -0.2) is 25.5 Å². The summed E-state index contributed by atoms with van der Waals surface area (Å²) in [5, 5.41) is 0. The van der Waals surface area contributed by atoms with Crippen molar-refractivity contribution in [2.75, 3.05) is 13.7 Å². The molecule has 1 aliphatic rings. The maximum atomic E-state index is 12.2. The van der Waals surface area contributed by atoms with Crippen LogP contribution in [0.1, 0.15) is 38.3 Å². The average Bonchev–Trinajstić information content (AvgIpc) is 3.06. The molecule has 0 aliphatic heterocycles. The Morgan fingerprint density at radius 3 is 2.54 bits per heavy atom. The van der Waals surface area contributed by atoms with Crippen molar-refractivity contribution < 1.29 is 19.1 Å². The standard InChI is InChI=1S/C19H17BrO4/c1-23-18-8-7-15(10-16(18)20)19(22)24-11-17(21)14-6-5-12-3-2-4-13(12)9-14/h5-10H,2-4,11H2,1H3. The molecule has 0 bridgehead atoms. The summed E-state index contributed by atoms with van der Waals surface area (Å²) in [6, 6.07) is 10.6. The number of fused-ring (bicyclic) bond motifs is 1. The van der Waals surface area contributed by atoms with Crippen molar-refractivity contribution in [3.63, 3.8) is 0 Å². The molecule has 2 aromatic rings. The lowest BCUT2D eigenvalue weighted by atomic mass is 10.0. The van der Waals surface area contributed by atoms with Gasteiger partial charge in [-0.3, -0.25) is 4.79 Å². The molecule has 124 valence electrons. The van der Waals surface area contributed by atoms with Crippen molar-refractivity contribution in [1.82, 2.24) is 0 Å². The summed E-state index contributed by atoms with van der Waals surface area (Å²) in [5.74, 6) is -0.0979. The third-order valence-corrected chi connectivity index (χ3v) is 4.76. The van der Waals surface area contributed by atoms with Crippen LogP contribution in [0.5, 0.6) is 5.75 Å². The van der Waals surface area contributed by atoms with Gasteiger partial charge < -0.3 is 9.47 Å². The van der Waals surface area contributed by atoms with Gasteiger partial charge in [-0.2, -0.15) is 0 Å². The molecule has 0 saturated heterocycles. The van der Waals surface area contributed by atoms with Crippen LogP contribution in [-0.2, 0) is 17.6 Å². The Balaban J connectivity index is 1.63. The van der Waals surface area contributed by atoms with Crippen LogP contribution in [0, 0.1) is 0 Å². The fourth-order valence-electron chi connectivity index (χ4n) is 2.84. The molecule has 0 spiro atoms. The Hall–Kier alpha value is -2.14. The molecular weight excluding hydrogens is 372 g/mol. The van der Waals surface area contributed by atoms with E-state index < -0.39 is 5.97 Å². The molecule has 0 unspecified atom stereocenters. The quantitative estimate of drug-likeness (QED) is 0.573. The number of ether oxygens (including phenoxy) is 2. The van der Waals surface area contributed by atoms with Gasteiger partial charge in [-0.25, -0.2) is 4.79 Å². The van der Waals surface area contributed by atoms with Gasteiger partial charge in [-0.15, -0.1) is 0 Å². The van der Waals surface area contributed by atoms with E-state index in [1.54, 1.807) is 25.3 Å². The Bertz CT molecular complexity index is 798. The van der Waals surface area contributed by atoms with Gasteiger partial charge in [0.15, 0.2) is 12.4 Å². The summed E-state index contributed by atoms with van der Waals surface area (Å²) in [6.07, 6.45) is 3.22.